The second-order valence-corrected chi connectivity index (χ2v) is 5.55. The lowest BCUT2D eigenvalue weighted by Gasteiger charge is -2.14. The lowest BCUT2D eigenvalue weighted by Crippen LogP contribution is -3.07. The summed E-state index contributed by atoms with van der Waals surface area (Å²) in [4.78, 5) is 13.2. The molecule has 21 heavy (non-hydrogen) atoms. The van der Waals surface area contributed by atoms with Crippen molar-refractivity contribution in [2.45, 2.75) is 13.0 Å². The SMILES string of the molecule is C[NH+](CCC(=O)Nc1ccccc1Cl)Cc1ccccc1. The van der Waals surface area contributed by atoms with Gasteiger partial charge < -0.3 is 10.2 Å². The molecule has 0 aliphatic heterocycles. The van der Waals surface area contributed by atoms with Crippen LogP contribution in [-0.2, 0) is 11.3 Å². The van der Waals surface area contributed by atoms with E-state index in [-0.39, 0.29) is 5.91 Å². The maximum Gasteiger partial charge on any atom is 0.230 e. The highest BCUT2D eigenvalue weighted by atomic mass is 35.5. The number of hydrogen-bond acceptors (Lipinski definition) is 1. The van der Waals surface area contributed by atoms with Crippen molar-refractivity contribution in [3.63, 3.8) is 0 Å². The Morgan fingerprint density at radius 1 is 1.10 bits per heavy atom. The number of carbonyl (C=O) groups excluding carboxylic acids is 1. The van der Waals surface area contributed by atoms with Gasteiger partial charge in [0.05, 0.1) is 30.7 Å². The lowest BCUT2D eigenvalue weighted by atomic mass is 10.2. The Morgan fingerprint density at radius 3 is 2.48 bits per heavy atom. The van der Waals surface area contributed by atoms with E-state index in [2.05, 4.69) is 24.5 Å². The van der Waals surface area contributed by atoms with Gasteiger partial charge in [0.25, 0.3) is 0 Å². The molecule has 0 aliphatic rings. The van der Waals surface area contributed by atoms with E-state index in [0.29, 0.717) is 17.1 Å². The molecular weight excluding hydrogens is 284 g/mol. The third-order valence-electron chi connectivity index (χ3n) is 3.28. The van der Waals surface area contributed by atoms with Crippen LogP contribution in [0.1, 0.15) is 12.0 Å². The van der Waals surface area contributed by atoms with Crippen LogP contribution in [0, 0.1) is 0 Å². The Labute approximate surface area is 130 Å². The highest BCUT2D eigenvalue weighted by molar-refractivity contribution is 6.33. The van der Waals surface area contributed by atoms with Crippen molar-refractivity contribution in [1.82, 2.24) is 0 Å². The van der Waals surface area contributed by atoms with Crippen molar-refractivity contribution in [3.8, 4) is 0 Å². The van der Waals surface area contributed by atoms with Crippen molar-refractivity contribution in [1.29, 1.82) is 0 Å². The normalized spacial score (nSPS) is 11.9. The van der Waals surface area contributed by atoms with Crippen LogP contribution in [0.2, 0.25) is 5.02 Å². The standard InChI is InChI=1S/C17H19ClN2O/c1-20(13-14-7-3-2-4-8-14)12-11-17(21)19-16-10-6-5-9-15(16)18/h2-10H,11-13H2,1H3,(H,19,21)/p+1. The smallest absolute Gasteiger partial charge is 0.230 e. The summed E-state index contributed by atoms with van der Waals surface area (Å²) in [5.41, 5.74) is 1.95. The Kier molecular flexibility index (Phi) is 5.78. The summed E-state index contributed by atoms with van der Waals surface area (Å²) in [7, 11) is 2.09. The van der Waals surface area contributed by atoms with E-state index >= 15 is 0 Å². The minimum Gasteiger partial charge on any atom is -0.333 e. The number of carbonyl (C=O) groups is 1. The van der Waals surface area contributed by atoms with Gasteiger partial charge in [0.15, 0.2) is 0 Å². The van der Waals surface area contributed by atoms with Gasteiger partial charge in [-0.2, -0.15) is 0 Å². The third-order valence-corrected chi connectivity index (χ3v) is 3.61. The first-order valence-electron chi connectivity index (χ1n) is 7.05. The number of para-hydroxylation sites is 1. The number of rotatable bonds is 6. The van der Waals surface area contributed by atoms with Gasteiger partial charge in [-0.1, -0.05) is 54.1 Å². The molecule has 0 radical (unpaired) electrons. The van der Waals surface area contributed by atoms with Crippen LogP contribution in [0.4, 0.5) is 5.69 Å². The lowest BCUT2D eigenvalue weighted by molar-refractivity contribution is -0.893. The average Bonchev–Trinajstić information content (AvgIpc) is 2.49. The molecule has 0 heterocycles. The molecule has 1 amide bonds. The van der Waals surface area contributed by atoms with Crippen LogP contribution in [0.5, 0.6) is 0 Å². The Hall–Kier alpha value is -1.84. The van der Waals surface area contributed by atoms with Crippen LogP contribution < -0.4 is 10.2 Å². The van der Waals surface area contributed by atoms with Gasteiger partial charge in [-0.3, -0.25) is 4.79 Å². The fraction of sp³-hybridized carbons (Fsp3) is 0.235. The molecule has 2 aromatic carbocycles. The number of nitrogens with one attached hydrogen (secondary N) is 2. The predicted molar refractivity (Wildman–Crippen MR) is 86.6 cm³/mol. The van der Waals surface area contributed by atoms with Crippen LogP contribution >= 0.6 is 11.6 Å². The molecule has 0 fully saturated rings. The van der Waals surface area contributed by atoms with E-state index in [4.69, 9.17) is 11.6 Å². The zero-order valence-electron chi connectivity index (χ0n) is 12.1. The van der Waals surface area contributed by atoms with Crippen molar-refractivity contribution < 1.29 is 9.69 Å². The summed E-state index contributed by atoms with van der Waals surface area (Å²) < 4.78 is 0. The topological polar surface area (TPSA) is 33.5 Å². The second kappa shape index (κ2) is 7.81. The molecule has 110 valence electrons. The number of benzene rings is 2. The van der Waals surface area contributed by atoms with E-state index in [1.54, 1.807) is 12.1 Å². The molecular formula is C17H20ClN2O+. The first-order valence-corrected chi connectivity index (χ1v) is 7.42. The Balaban J connectivity index is 1.77. The van der Waals surface area contributed by atoms with Gasteiger partial charge in [0, 0.05) is 5.56 Å². The third kappa shape index (κ3) is 5.21. The van der Waals surface area contributed by atoms with E-state index in [1.165, 1.54) is 10.5 Å². The van der Waals surface area contributed by atoms with Crippen LogP contribution in [0.3, 0.4) is 0 Å². The molecule has 0 saturated heterocycles. The van der Waals surface area contributed by atoms with Gasteiger partial charge in [0.2, 0.25) is 5.91 Å². The molecule has 2 aromatic rings. The van der Waals surface area contributed by atoms with E-state index < -0.39 is 0 Å². The molecule has 0 spiro atoms. The van der Waals surface area contributed by atoms with Crippen LogP contribution in [0.25, 0.3) is 0 Å². The van der Waals surface area contributed by atoms with Crippen molar-refractivity contribution in [2.24, 2.45) is 0 Å². The molecule has 0 aliphatic carbocycles. The Morgan fingerprint density at radius 2 is 1.76 bits per heavy atom. The van der Waals surface area contributed by atoms with Gasteiger partial charge in [-0.05, 0) is 12.1 Å². The largest absolute Gasteiger partial charge is 0.333 e. The molecule has 0 saturated carbocycles. The van der Waals surface area contributed by atoms with Crippen molar-refractivity contribution in [2.75, 3.05) is 18.9 Å². The number of hydrogen-bond donors (Lipinski definition) is 2. The van der Waals surface area contributed by atoms with Crippen molar-refractivity contribution in [3.05, 3.63) is 65.2 Å². The van der Waals surface area contributed by atoms with E-state index in [0.717, 1.165) is 13.1 Å². The molecule has 2 rings (SSSR count). The average molecular weight is 304 g/mol. The molecule has 1 atom stereocenters. The summed E-state index contributed by atoms with van der Waals surface area (Å²) in [6.45, 7) is 1.70. The zero-order valence-corrected chi connectivity index (χ0v) is 12.9. The molecule has 0 aromatic heterocycles. The summed E-state index contributed by atoms with van der Waals surface area (Å²) in [5, 5.41) is 3.41. The summed E-state index contributed by atoms with van der Waals surface area (Å²) in [6, 6.07) is 17.6. The molecule has 2 N–H and O–H groups in total. The molecule has 1 unspecified atom stereocenters. The summed E-state index contributed by atoms with van der Waals surface area (Å²) in [6.07, 6.45) is 0.476. The number of amides is 1. The fourth-order valence-electron chi connectivity index (χ4n) is 2.13. The van der Waals surface area contributed by atoms with Gasteiger partial charge in [0.1, 0.15) is 6.54 Å². The van der Waals surface area contributed by atoms with E-state index in [1.807, 2.05) is 30.3 Å². The summed E-state index contributed by atoms with van der Waals surface area (Å²) in [5.74, 6) is -0.00416. The number of halogens is 1. The van der Waals surface area contributed by atoms with Crippen LogP contribution in [0.15, 0.2) is 54.6 Å². The maximum absolute atomic E-state index is 11.9. The fourth-order valence-corrected chi connectivity index (χ4v) is 2.32. The van der Waals surface area contributed by atoms with E-state index in [9.17, 15) is 4.79 Å². The first-order chi connectivity index (χ1) is 10.1. The van der Waals surface area contributed by atoms with Gasteiger partial charge in [-0.25, -0.2) is 0 Å². The molecule has 3 nitrogen and oxygen atoms in total. The van der Waals surface area contributed by atoms with Gasteiger partial charge >= 0.3 is 0 Å². The molecule has 4 heteroatoms. The molecule has 0 bridgehead atoms. The highest BCUT2D eigenvalue weighted by Crippen LogP contribution is 2.20. The maximum atomic E-state index is 11.9. The first kappa shape index (κ1) is 15.5. The van der Waals surface area contributed by atoms with Gasteiger partial charge in [-0.15, -0.1) is 0 Å². The number of anilines is 1. The second-order valence-electron chi connectivity index (χ2n) is 5.15. The number of quaternary nitrogens is 1. The summed E-state index contributed by atoms with van der Waals surface area (Å²) >= 11 is 6.02. The minimum absolute atomic E-state index is 0.00416. The Bertz CT molecular complexity index is 586. The quantitative estimate of drug-likeness (QED) is 0.844. The predicted octanol–water partition coefficient (Wildman–Crippen LogP) is 2.38. The monoisotopic (exact) mass is 303 g/mol. The minimum atomic E-state index is -0.00416. The zero-order chi connectivity index (χ0) is 15.1. The highest BCUT2D eigenvalue weighted by Gasteiger charge is 2.09. The van der Waals surface area contributed by atoms with Crippen LogP contribution in [-0.4, -0.2) is 19.5 Å². The van der Waals surface area contributed by atoms with Crippen molar-refractivity contribution >= 4 is 23.2 Å².